The van der Waals surface area contributed by atoms with Crippen LogP contribution in [0.2, 0.25) is 0 Å². The SMILES string of the molecule is O=C(O)C1CCCN1C(=O)CNS(=O)(=O)c1cccc2ccccc12. The molecular weight excluding hydrogens is 344 g/mol. The van der Waals surface area contributed by atoms with Gasteiger partial charge in [-0.05, 0) is 24.3 Å². The summed E-state index contributed by atoms with van der Waals surface area (Å²) in [6.45, 7) is -0.138. The van der Waals surface area contributed by atoms with E-state index >= 15 is 0 Å². The lowest BCUT2D eigenvalue weighted by Gasteiger charge is -2.21. The number of carboxylic acid groups (broad SMARTS) is 1. The fourth-order valence-electron chi connectivity index (χ4n) is 3.09. The molecule has 0 radical (unpaired) electrons. The second kappa shape index (κ2) is 6.81. The first kappa shape index (κ1) is 17.4. The maximum absolute atomic E-state index is 12.6. The van der Waals surface area contributed by atoms with Gasteiger partial charge in [0, 0.05) is 11.9 Å². The van der Waals surface area contributed by atoms with E-state index in [1.807, 2.05) is 6.07 Å². The second-order valence-electron chi connectivity index (χ2n) is 5.89. The highest BCUT2D eigenvalue weighted by atomic mass is 32.2. The van der Waals surface area contributed by atoms with Crippen LogP contribution >= 0.6 is 0 Å². The highest BCUT2D eigenvalue weighted by molar-refractivity contribution is 7.89. The van der Waals surface area contributed by atoms with Gasteiger partial charge < -0.3 is 10.0 Å². The van der Waals surface area contributed by atoms with Gasteiger partial charge in [-0.15, -0.1) is 0 Å². The number of carboxylic acids is 1. The first-order chi connectivity index (χ1) is 11.9. The van der Waals surface area contributed by atoms with Crippen LogP contribution in [0.3, 0.4) is 0 Å². The molecule has 0 aliphatic carbocycles. The molecule has 1 aliphatic rings. The maximum Gasteiger partial charge on any atom is 0.326 e. The summed E-state index contributed by atoms with van der Waals surface area (Å²) in [5, 5.41) is 10.5. The molecule has 2 aromatic rings. The van der Waals surface area contributed by atoms with Gasteiger partial charge in [0.25, 0.3) is 0 Å². The van der Waals surface area contributed by atoms with E-state index < -0.39 is 34.5 Å². The summed E-state index contributed by atoms with van der Waals surface area (Å²) in [6.07, 6.45) is 0.982. The lowest BCUT2D eigenvalue weighted by molar-refractivity contribution is -0.147. The molecule has 1 aliphatic heterocycles. The standard InChI is InChI=1S/C17H18N2O5S/c20-16(19-10-4-8-14(19)17(21)22)11-18-25(23,24)15-9-3-6-12-5-1-2-7-13(12)15/h1-3,5-7,9,14,18H,4,8,10-11H2,(H,21,22). The van der Waals surface area contributed by atoms with Gasteiger partial charge >= 0.3 is 5.97 Å². The number of benzene rings is 2. The van der Waals surface area contributed by atoms with Gasteiger partial charge in [-0.1, -0.05) is 36.4 Å². The number of carbonyl (C=O) groups excluding carboxylic acids is 1. The minimum atomic E-state index is -3.89. The van der Waals surface area contributed by atoms with Crippen LogP contribution in [-0.4, -0.2) is 49.4 Å². The number of likely N-dealkylation sites (tertiary alicyclic amines) is 1. The monoisotopic (exact) mass is 362 g/mol. The molecule has 1 fully saturated rings. The van der Waals surface area contributed by atoms with E-state index in [0.29, 0.717) is 24.8 Å². The third-order valence-corrected chi connectivity index (χ3v) is 5.77. The fourth-order valence-corrected chi connectivity index (χ4v) is 4.29. The molecule has 3 rings (SSSR count). The topological polar surface area (TPSA) is 104 Å². The van der Waals surface area contributed by atoms with Crippen molar-refractivity contribution < 1.29 is 23.1 Å². The summed E-state index contributed by atoms with van der Waals surface area (Å²) in [5.74, 6) is -1.60. The van der Waals surface area contributed by atoms with Crippen molar-refractivity contribution in [2.24, 2.45) is 0 Å². The minimum Gasteiger partial charge on any atom is -0.480 e. The van der Waals surface area contributed by atoms with Crippen molar-refractivity contribution in [2.75, 3.05) is 13.1 Å². The number of aliphatic carboxylic acids is 1. The number of rotatable bonds is 5. The molecule has 0 aromatic heterocycles. The minimum absolute atomic E-state index is 0.0922. The molecular formula is C17H18N2O5S. The molecule has 1 amide bonds. The maximum atomic E-state index is 12.6. The van der Waals surface area contributed by atoms with Crippen LogP contribution in [0.5, 0.6) is 0 Å². The summed E-state index contributed by atoms with van der Waals surface area (Å²) in [5.41, 5.74) is 0. The summed E-state index contributed by atoms with van der Waals surface area (Å²) >= 11 is 0. The van der Waals surface area contributed by atoms with Gasteiger partial charge in [0.1, 0.15) is 6.04 Å². The van der Waals surface area contributed by atoms with E-state index in [4.69, 9.17) is 5.11 Å². The van der Waals surface area contributed by atoms with E-state index in [2.05, 4.69) is 4.72 Å². The molecule has 2 aromatic carbocycles. The number of nitrogens with zero attached hydrogens (tertiary/aromatic N) is 1. The van der Waals surface area contributed by atoms with Crippen molar-refractivity contribution in [3.8, 4) is 0 Å². The predicted molar refractivity (Wildman–Crippen MR) is 91.5 cm³/mol. The lowest BCUT2D eigenvalue weighted by atomic mass is 10.1. The summed E-state index contributed by atoms with van der Waals surface area (Å²) in [7, 11) is -3.89. The van der Waals surface area contributed by atoms with Crippen molar-refractivity contribution in [3.63, 3.8) is 0 Å². The number of carbonyl (C=O) groups is 2. The molecule has 2 N–H and O–H groups in total. The molecule has 1 saturated heterocycles. The summed E-state index contributed by atoms with van der Waals surface area (Å²) < 4.78 is 27.5. The normalized spacial score (nSPS) is 17.8. The van der Waals surface area contributed by atoms with Gasteiger partial charge in [0.15, 0.2) is 0 Å². The third kappa shape index (κ3) is 3.49. The first-order valence-corrected chi connectivity index (χ1v) is 9.38. The van der Waals surface area contributed by atoms with Gasteiger partial charge in [0.05, 0.1) is 11.4 Å². The van der Waals surface area contributed by atoms with E-state index in [1.165, 1.54) is 11.0 Å². The van der Waals surface area contributed by atoms with Crippen LogP contribution in [0.4, 0.5) is 0 Å². The summed E-state index contributed by atoms with van der Waals surface area (Å²) in [6, 6.07) is 11.1. The van der Waals surface area contributed by atoms with Crippen molar-refractivity contribution in [3.05, 3.63) is 42.5 Å². The molecule has 0 saturated carbocycles. The Balaban J connectivity index is 1.78. The number of nitrogens with one attached hydrogen (secondary N) is 1. The van der Waals surface area contributed by atoms with Crippen LogP contribution < -0.4 is 4.72 Å². The average Bonchev–Trinajstić information content (AvgIpc) is 3.09. The van der Waals surface area contributed by atoms with E-state index in [9.17, 15) is 18.0 Å². The highest BCUT2D eigenvalue weighted by Crippen LogP contribution is 2.23. The quantitative estimate of drug-likeness (QED) is 0.832. The molecule has 1 atom stereocenters. The average molecular weight is 362 g/mol. The van der Waals surface area contributed by atoms with Crippen LogP contribution in [-0.2, 0) is 19.6 Å². The Labute approximate surface area is 145 Å². The van der Waals surface area contributed by atoms with Crippen molar-refractivity contribution in [1.82, 2.24) is 9.62 Å². The zero-order chi connectivity index (χ0) is 18.0. The van der Waals surface area contributed by atoms with Crippen LogP contribution in [0, 0.1) is 0 Å². The van der Waals surface area contributed by atoms with E-state index in [1.54, 1.807) is 30.3 Å². The Morgan fingerprint density at radius 2 is 1.88 bits per heavy atom. The largest absolute Gasteiger partial charge is 0.480 e. The number of hydrogen-bond acceptors (Lipinski definition) is 4. The Morgan fingerprint density at radius 1 is 1.16 bits per heavy atom. The molecule has 7 nitrogen and oxygen atoms in total. The molecule has 0 spiro atoms. The fraction of sp³-hybridized carbons (Fsp3) is 0.294. The number of amides is 1. The highest BCUT2D eigenvalue weighted by Gasteiger charge is 2.34. The smallest absolute Gasteiger partial charge is 0.326 e. The van der Waals surface area contributed by atoms with Crippen LogP contribution in [0.25, 0.3) is 10.8 Å². The van der Waals surface area contributed by atoms with Gasteiger partial charge in [-0.3, -0.25) is 4.79 Å². The van der Waals surface area contributed by atoms with Gasteiger partial charge in [0.2, 0.25) is 15.9 Å². The number of fused-ring (bicyclic) bond motifs is 1. The van der Waals surface area contributed by atoms with Crippen LogP contribution in [0.1, 0.15) is 12.8 Å². The molecule has 25 heavy (non-hydrogen) atoms. The van der Waals surface area contributed by atoms with Crippen LogP contribution in [0.15, 0.2) is 47.4 Å². The number of hydrogen-bond donors (Lipinski definition) is 2. The van der Waals surface area contributed by atoms with Crippen molar-refractivity contribution in [1.29, 1.82) is 0 Å². The zero-order valence-electron chi connectivity index (χ0n) is 13.4. The predicted octanol–water partition coefficient (Wildman–Crippen LogP) is 1.19. The Bertz CT molecular complexity index is 920. The molecule has 1 unspecified atom stereocenters. The Kier molecular flexibility index (Phi) is 4.73. The zero-order valence-corrected chi connectivity index (χ0v) is 14.2. The third-order valence-electron chi connectivity index (χ3n) is 4.31. The summed E-state index contributed by atoms with van der Waals surface area (Å²) in [4.78, 5) is 24.7. The van der Waals surface area contributed by atoms with Crippen molar-refractivity contribution >= 4 is 32.7 Å². The van der Waals surface area contributed by atoms with Crippen molar-refractivity contribution in [2.45, 2.75) is 23.8 Å². The molecule has 0 bridgehead atoms. The Morgan fingerprint density at radius 3 is 2.64 bits per heavy atom. The first-order valence-electron chi connectivity index (χ1n) is 7.90. The lowest BCUT2D eigenvalue weighted by Crippen LogP contribution is -2.45. The Hall–Kier alpha value is -2.45. The molecule has 1 heterocycles. The molecule has 132 valence electrons. The molecule has 8 heteroatoms. The van der Waals surface area contributed by atoms with E-state index in [0.717, 1.165) is 5.39 Å². The second-order valence-corrected chi connectivity index (χ2v) is 7.62. The van der Waals surface area contributed by atoms with E-state index in [-0.39, 0.29) is 4.90 Å². The van der Waals surface area contributed by atoms with Gasteiger partial charge in [-0.25, -0.2) is 17.9 Å². The van der Waals surface area contributed by atoms with Gasteiger partial charge in [-0.2, -0.15) is 0 Å². The number of sulfonamides is 1.